The molecule has 1 aliphatic heterocycles. The minimum atomic E-state index is 0.310. The molecular formula is C17H23IN6O2. The Labute approximate surface area is 166 Å². The maximum Gasteiger partial charge on any atom is 0.323 e. The molecule has 1 aromatic heterocycles. The Bertz CT molecular complexity index is 694. The van der Waals surface area contributed by atoms with Gasteiger partial charge in [0.1, 0.15) is 0 Å². The molecule has 0 saturated carbocycles. The van der Waals surface area contributed by atoms with Crippen LogP contribution in [0.3, 0.4) is 0 Å². The number of nitrogens with zero attached hydrogens (tertiary/aromatic N) is 4. The van der Waals surface area contributed by atoms with E-state index in [4.69, 9.17) is 9.47 Å². The summed E-state index contributed by atoms with van der Waals surface area (Å²) in [6, 6.07) is 8.32. The normalized spacial score (nSPS) is 14.8. The van der Waals surface area contributed by atoms with Gasteiger partial charge in [0.15, 0.2) is 0 Å². The Morgan fingerprint density at radius 2 is 1.85 bits per heavy atom. The zero-order valence-electron chi connectivity index (χ0n) is 14.7. The summed E-state index contributed by atoms with van der Waals surface area (Å²) in [5, 5.41) is 6.46. The smallest absolute Gasteiger partial charge is 0.323 e. The number of ether oxygens (including phenoxy) is 2. The molecule has 0 bridgehead atoms. The first kappa shape index (κ1) is 19.1. The molecule has 3 rings (SSSR count). The molecule has 140 valence electrons. The fourth-order valence-corrected chi connectivity index (χ4v) is 2.86. The van der Waals surface area contributed by atoms with Crippen molar-refractivity contribution in [3.63, 3.8) is 0 Å². The van der Waals surface area contributed by atoms with Crippen LogP contribution in [-0.4, -0.2) is 65.9 Å². The van der Waals surface area contributed by atoms with Crippen LogP contribution in [0.2, 0.25) is 0 Å². The number of rotatable bonds is 8. The molecule has 1 aliphatic rings. The van der Waals surface area contributed by atoms with Gasteiger partial charge < -0.3 is 20.1 Å². The van der Waals surface area contributed by atoms with Crippen molar-refractivity contribution in [3.05, 3.63) is 27.8 Å². The van der Waals surface area contributed by atoms with Gasteiger partial charge in [-0.25, -0.2) is 0 Å². The van der Waals surface area contributed by atoms with Crippen LogP contribution in [0, 0.1) is 3.57 Å². The molecule has 1 saturated heterocycles. The molecule has 0 radical (unpaired) electrons. The zero-order chi connectivity index (χ0) is 18.2. The van der Waals surface area contributed by atoms with E-state index >= 15 is 0 Å². The van der Waals surface area contributed by atoms with E-state index in [-0.39, 0.29) is 0 Å². The molecular weight excluding hydrogens is 447 g/mol. The summed E-state index contributed by atoms with van der Waals surface area (Å²) in [7, 11) is 0. The van der Waals surface area contributed by atoms with Gasteiger partial charge in [-0.15, -0.1) is 0 Å². The summed E-state index contributed by atoms with van der Waals surface area (Å²) >= 11 is 2.27. The lowest BCUT2D eigenvalue weighted by atomic mass is 10.3. The third-order valence-electron chi connectivity index (χ3n) is 3.80. The van der Waals surface area contributed by atoms with Crippen LogP contribution in [0.5, 0.6) is 6.01 Å². The first-order valence-corrected chi connectivity index (χ1v) is 9.76. The van der Waals surface area contributed by atoms with Crippen molar-refractivity contribution >= 4 is 40.2 Å². The SMILES string of the molecule is CCOc1nc(NCCN2CCOCC2)nc(Nc2ccc(I)cc2)n1. The second-order valence-electron chi connectivity index (χ2n) is 5.71. The van der Waals surface area contributed by atoms with E-state index in [2.05, 4.69) is 53.1 Å². The Kier molecular flexibility index (Phi) is 7.21. The molecule has 0 unspecified atom stereocenters. The maximum absolute atomic E-state index is 5.47. The van der Waals surface area contributed by atoms with Gasteiger partial charge in [0.2, 0.25) is 11.9 Å². The van der Waals surface area contributed by atoms with E-state index in [1.807, 2.05) is 31.2 Å². The van der Waals surface area contributed by atoms with Gasteiger partial charge in [-0.2, -0.15) is 15.0 Å². The minimum Gasteiger partial charge on any atom is -0.464 e. The van der Waals surface area contributed by atoms with Gasteiger partial charge in [-0.3, -0.25) is 4.90 Å². The number of morpholine rings is 1. The summed E-state index contributed by atoms with van der Waals surface area (Å²) < 4.78 is 12.0. The van der Waals surface area contributed by atoms with Gasteiger partial charge in [0, 0.05) is 35.4 Å². The standard InChI is InChI=1S/C17H23IN6O2/c1-2-26-17-22-15(19-7-8-24-9-11-25-12-10-24)21-16(23-17)20-14-5-3-13(18)4-6-14/h3-6H,2,7-12H2,1H3,(H2,19,20,21,22,23). The van der Waals surface area contributed by atoms with Gasteiger partial charge in [0.05, 0.1) is 19.8 Å². The van der Waals surface area contributed by atoms with Crippen molar-refractivity contribution in [3.8, 4) is 6.01 Å². The van der Waals surface area contributed by atoms with E-state index in [1.54, 1.807) is 0 Å². The second kappa shape index (κ2) is 9.83. The van der Waals surface area contributed by atoms with Crippen LogP contribution in [0.15, 0.2) is 24.3 Å². The Morgan fingerprint density at radius 1 is 1.12 bits per heavy atom. The van der Waals surface area contributed by atoms with Crippen molar-refractivity contribution < 1.29 is 9.47 Å². The van der Waals surface area contributed by atoms with E-state index in [0.29, 0.717) is 24.5 Å². The van der Waals surface area contributed by atoms with Crippen LogP contribution >= 0.6 is 22.6 Å². The molecule has 0 atom stereocenters. The van der Waals surface area contributed by atoms with Crippen molar-refractivity contribution in [2.24, 2.45) is 0 Å². The van der Waals surface area contributed by atoms with E-state index in [0.717, 1.165) is 45.1 Å². The van der Waals surface area contributed by atoms with Crippen molar-refractivity contribution in [1.82, 2.24) is 19.9 Å². The van der Waals surface area contributed by atoms with Crippen molar-refractivity contribution in [1.29, 1.82) is 0 Å². The van der Waals surface area contributed by atoms with E-state index in [9.17, 15) is 0 Å². The molecule has 2 heterocycles. The largest absolute Gasteiger partial charge is 0.464 e. The highest BCUT2D eigenvalue weighted by Gasteiger charge is 2.11. The summed E-state index contributed by atoms with van der Waals surface area (Å²) in [5.74, 6) is 0.961. The van der Waals surface area contributed by atoms with Crippen molar-refractivity contribution in [2.75, 3.05) is 56.6 Å². The van der Waals surface area contributed by atoms with Gasteiger partial charge >= 0.3 is 6.01 Å². The number of hydrogen-bond donors (Lipinski definition) is 2. The first-order chi connectivity index (χ1) is 12.7. The van der Waals surface area contributed by atoms with E-state index < -0.39 is 0 Å². The molecule has 2 N–H and O–H groups in total. The maximum atomic E-state index is 5.47. The van der Waals surface area contributed by atoms with Crippen LogP contribution in [0.4, 0.5) is 17.6 Å². The monoisotopic (exact) mass is 470 g/mol. The van der Waals surface area contributed by atoms with Crippen molar-refractivity contribution in [2.45, 2.75) is 6.92 Å². The number of nitrogens with one attached hydrogen (secondary N) is 2. The highest BCUT2D eigenvalue weighted by Crippen LogP contribution is 2.18. The third-order valence-corrected chi connectivity index (χ3v) is 4.52. The lowest BCUT2D eigenvalue weighted by Gasteiger charge is -2.26. The molecule has 0 amide bonds. The molecule has 2 aromatic rings. The van der Waals surface area contributed by atoms with E-state index in [1.165, 1.54) is 3.57 Å². The highest BCUT2D eigenvalue weighted by molar-refractivity contribution is 14.1. The summed E-state index contributed by atoms with van der Waals surface area (Å²) in [6.45, 7) is 7.58. The Hall–Kier alpha value is -1.72. The summed E-state index contributed by atoms with van der Waals surface area (Å²) in [5.41, 5.74) is 0.915. The number of hydrogen-bond acceptors (Lipinski definition) is 8. The van der Waals surface area contributed by atoms with Gasteiger partial charge in [-0.1, -0.05) is 0 Å². The average Bonchev–Trinajstić information content (AvgIpc) is 2.65. The van der Waals surface area contributed by atoms with Gasteiger partial charge in [-0.05, 0) is 53.8 Å². The molecule has 9 heteroatoms. The second-order valence-corrected chi connectivity index (χ2v) is 6.96. The number of aromatic nitrogens is 3. The molecule has 26 heavy (non-hydrogen) atoms. The molecule has 1 fully saturated rings. The van der Waals surface area contributed by atoms with Crippen LogP contribution in [-0.2, 0) is 4.74 Å². The lowest BCUT2D eigenvalue weighted by molar-refractivity contribution is 0.0398. The lowest BCUT2D eigenvalue weighted by Crippen LogP contribution is -2.39. The fourth-order valence-electron chi connectivity index (χ4n) is 2.50. The fraction of sp³-hybridized carbons (Fsp3) is 0.471. The quantitative estimate of drug-likeness (QED) is 0.570. The number of anilines is 3. The highest BCUT2D eigenvalue weighted by atomic mass is 127. The predicted molar refractivity (Wildman–Crippen MR) is 109 cm³/mol. The first-order valence-electron chi connectivity index (χ1n) is 8.68. The molecule has 0 spiro atoms. The molecule has 8 nitrogen and oxygen atoms in total. The molecule has 0 aliphatic carbocycles. The summed E-state index contributed by atoms with van der Waals surface area (Å²) in [6.07, 6.45) is 0. The Balaban J connectivity index is 1.63. The topological polar surface area (TPSA) is 84.4 Å². The van der Waals surface area contributed by atoms with Gasteiger partial charge in [0.25, 0.3) is 0 Å². The third kappa shape index (κ3) is 5.92. The van der Waals surface area contributed by atoms with Crippen LogP contribution in [0.1, 0.15) is 6.92 Å². The number of halogens is 1. The van der Waals surface area contributed by atoms with Crippen LogP contribution in [0.25, 0.3) is 0 Å². The zero-order valence-corrected chi connectivity index (χ0v) is 16.9. The number of benzene rings is 1. The summed E-state index contributed by atoms with van der Waals surface area (Å²) in [4.78, 5) is 15.4. The molecule has 1 aromatic carbocycles. The minimum absolute atomic E-state index is 0.310. The Morgan fingerprint density at radius 3 is 2.58 bits per heavy atom. The average molecular weight is 470 g/mol. The predicted octanol–water partition coefficient (Wildman–Crippen LogP) is 2.36. The van der Waals surface area contributed by atoms with Crippen LogP contribution < -0.4 is 15.4 Å².